The van der Waals surface area contributed by atoms with Crippen LogP contribution in [0, 0.1) is 0 Å². The van der Waals surface area contributed by atoms with Gasteiger partial charge in [-0.25, -0.2) is 0 Å². The molecule has 22 heavy (non-hydrogen) atoms. The summed E-state index contributed by atoms with van der Waals surface area (Å²) in [5, 5.41) is 0.253. The van der Waals surface area contributed by atoms with Crippen LogP contribution in [0.4, 0.5) is 0 Å². The van der Waals surface area contributed by atoms with Crippen LogP contribution in [0.3, 0.4) is 0 Å². The number of hydrogen-bond acceptors (Lipinski definition) is 2. The lowest BCUT2D eigenvalue weighted by Crippen LogP contribution is -2.50. The lowest BCUT2D eigenvalue weighted by atomic mass is 9.93. The van der Waals surface area contributed by atoms with Crippen LogP contribution in [-0.2, 0) is 4.43 Å². The SMILES string of the molecule is CC(C)(C)[Si](C)(C)OC1(CSc2ccccc2)C=CCCC1. The van der Waals surface area contributed by atoms with E-state index < -0.39 is 8.32 Å². The molecule has 0 saturated carbocycles. The predicted molar refractivity (Wildman–Crippen MR) is 101 cm³/mol. The van der Waals surface area contributed by atoms with Crippen LogP contribution in [-0.4, -0.2) is 19.7 Å². The Labute approximate surface area is 141 Å². The second-order valence-corrected chi connectivity index (χ2v) is 13.6. The molecular formula is C19H30OSSi. The lowest BCUT2D eigenvalue weighted by Gasteiger charge is -2.45. The van der Waals surface area contributed by atoms with E-state index in [2.05, 4.69) is 76.3 Å². The van der Waals surface area contributed by atoms with Crippen molar-refractivity contribution in [3.05, 3.63) is 42.5 Å². The molecule has 122 valence electrons. The molecule has 0 radical (unpaired) electrons. The third-order valence-corrected chi connectivity index (χ3v) is 10.7. The fraction of sp³-hybridized carbons (Fsp3) is 0.579. The molecule has 1 aliphatic rings. The van der Waals surface area contributed by atoms with E-state index in [1.807, 2.05) is 11.8 Å². The first-order valence-electron chi connectivity index (χ1n) is 8.30. The number of thioether (sulfide) groups is 1. The van der Waals surface area contributed by atoms with Gasteiger partial charge in [-0.2, -0.15) is 0 Å². The third-order valence-electron chi connectivity index (χ3n) is 4.88. The minimum absolute atomic E-state index is 0.0816. The summed E-state index contributed by atoms with van der Waals surface area (Å²) in [5.74, 6) is 1.01. The number of rotatable bonds is 5. The zero-order chi connectivity index (χ0) is 16.3. The van der Waals surface area contributed by atoms with E-state index in [9.17, 15) is 0 Å². The van der Waals surface area contributed by atoms with E-state index in [0.29, 0.717) is 0 Å². The Morgan fingerprint density at radius 2 is 1.86 bits per heavy atom. The molecule has 1 aromatic carbocycles. The van der Waals surface area contributed by atoms with Crippen LogP contribution in [0.25, 0.3) is 0 Å². The highest BCUT2D eigenvalue weighted by Crippen LogP contribution is 2.43. The smallest absolute Gasteiger partial charge is 0.193 e. The van der Waals surface area contributed by atoms with Gasteiger partial charge in [0.2, 0.25) is 0 Å². The normalized spacial score (nSPS) is 22.8. The van der Waals surface area contributed by atoms with Crippen LogP contribution in [0.5, 0.6) is 0 Å². The maximum absolute atomic E-state index is 6.88. The molecule has 1 nitrogen and oxygen atoms in total. The Kier molecular flexibility index (Phi) is 5.62. The summed E-state index contributed by atoms with van der Waals surface area (Å²) >= 11 is 1.92. The van der Waals surface area contributed by atoms with E-state index in [1.165, 1.54) is 17.7 Å². The van der Waals surface area contributed by atoms with Crippen molar-refractivity contribution in [1.29, 1.82) is 0 Å². The first kappa shape index (κ1) is 17.8. The van der Waals surface area contributed by atoms with E-state index >= 15 is 0 Å². The highest BCUT2D eigenvalue weighted by atomic mass is 32.2. The van der Waals surface area contributed by atoms with Gasteiger partial charge in [0.1, 0.15) is 0 Å². The van der Waals surface area contributed by atoms with Gasteiger partial charge in [0.15, 0.2) is 8.32 Å². The van der Waals surface area contributed by atoms with Crippen LogP contribution in [0.2, 0.25) is 18.1 Å². The number of allylic oxidation sites excluding steroid dienone is 1. The molecule has 0 heterocycles. The quantitative estimate of drug-likeness (QED) is 0.356. The average molecular weight is 335 g/mol. The Morgan fingerprint density at radius 1 is 1.18 bits per heavy atom. The predicted octanol–water partition coefficient (Wildman–Crippen LogP) is 6.28. The molecule has 2 rings (SSSR count). The maximum Gasteiger partial charge on any atom is 0.193 e. The van der Waals surface area contributed by atoms with Gasteiger partial charge in [-0.15, -0.1) is 11.8 Å². The van der Waals surface area contributed by atoms with Crippen molar-refractivity contribution in [2.75, 3.05) is 5.75 Å². The van der Waals surface area contributed by atoms with Gasteiger partial charge in [0.05, 0.1) is 5.60 Å². The molecule has 1 aromatic rings. The molecule has 0 fully saturated rings. The first-order valence-corrected chi connectivity index (χ1v) is 12.2. The molecule has 0 N–H and O–H groups in total. The molecule has 1 aliphatic carbocycles. The van der Waals surface area contributed by atoms with E-state index in [0.717, 1.165) is 12.2 Å². The van der Waals surface area contributed by atoms with Crippen LogP contribution in [0.1, 0.15) is 40.0 Å². The van der Waals surface area contributed by atoms with E-state index in [1.54, 1.807) is 0 Å². The molecule has 0 amide bonds. The Morgan fingerprint density at radius 3 is 2.41 bits per heavy atom. The summed E-state index contributed by atoms with van der Waals surface area (Å²) in [5.41, 5.74) is -0.0816. The second kappa shape index (κ2) is 6.94. The third kappa shape index (κ3) is 4.50. The summed E-state index contributed by atoms with van der Waals surface area (Å²) < 4.78 is 6.88. The van der Waals surface area contributed by atoms with Gasteiger partial charge in [-0.05, 0) is 49.5 Å². The zero-order valence-corrected chi connectivity index (χ0v) is 16.5. The number of hydrogen-bond donors (Lipinski definition) is 0. The summed E-state index contributed by atoms with van der Waals surface area (Å²) in [6.07, 6.45) is 8.25. The second-order valence-electron chi connectivity index (χ2n) is 7.82. The van der Waals surface area contributed by atoms with Crippen molar-refractivity contribution in [1.82, 2.24) is 0 Å². The Balaban J connectivity index is 2.14. The van der Waals surface area contributed by atoms with Gasteiger partial charge in [-0.3, -0.25) is 0 Å². The Hall–Kier alpha value is -0.513. The van der Waals surface area contributed by atoms with E-state index in [4.69, 9.17) is 4.43 Å². The first-order chi connectivity index (χ1) is 10.2. The minimum atomic E-state index is -1.77. The molecule has 0 saturated heterocycles. The molecule has 0 bridgehead atoms. The fourth-order valence-electron chi connectivity index (χ4n) is 2.52. The van der Waals surface area contributed by atoms with Crippen LogP contribution in [0.15, 0.2) is 47.4 Å². The molecule has 3 heteroatoms. The molecule has 0 aromatic heterocycles. The Bertz CT molecular complexity index is 504. The summed E-state index contributed by atoms with van der Waals surface area (Å²) in [4.78, 5) is 1.33. The molecule has 0 spiro atoms. The molecule has 0 aliphatic heterocycles. The average Bonchev–Trinajstić information content (AvgIpc) is 2.46. The van der Waals surface area contributed by atoms with Crippen molar-refractivity contribution in [3.8, 4) is 0 Å². The topological polar surface area (TPSA) is 9.23 Å². The molecule has 1 atom stereocenters. The van der Waals surface area contributed by atoms with Gasteiger partial charge in [-0.1, -0.05) is 51.1 Å². The van der Waals surface area contributed by atoms with Crippen molar-refractivity contribution in [3.63, 3.8) is 0 Å². The largest absolute Gasteiger partial charge is 0.407 e. The molecule has 1 unspecified atom stereocenters. The standard InChI is InChI=1S/C19H30OSSi/c1-18(2,3)22(4,5)20-19(14-10-7-11-15-19)16-21-17-12-8-6-9-13-17/h6,8-10,12-14H,7,11,15-16H2,1-5H3. The van der Waals surface area contributed by atoms with E-state index in [-0.39, 0.29) is 10.6 Å². The maximum atomic E-state index is 6.88. The highest BCUT2D eigenvalue weighted by Gasteiger charge is 2.44. The van der Waals surface area contributed by atoms with Crippen molar-refractivity contribution >= 4 is 20.1 Å². The number of benzene rings is 1. The highest BCUT2D eigenvalue weighted by molar-refractivity contribution is 7.99. The summed E-state index contributed by atoms with van der Waals surface area (Å²) in [6.45, 7) is 11.7. The van der Waals surface area contributed by atoms with Crippen molar-refractivity contribution in [2.45, 2.75) is 68.7 Å². The van der Waals surface area contributed by atoms with Crippen LogP contribution >= 0.6 is 11.8 Å². The zero-order valence-electron chi connectivity index (χ0n) is 14.7. The van der Waals surface area contributed by atoms with Crippen LogP contribution < -0.4 is 0 Å². The monoisotopic (exact) mass is 334 g/mol. The minimum Gasteiger partial charge on any atom is -0.407 e. The van der Waals surface area contributed by atoms with Gasteiger partial charge >= 0.3 is 0 Å². The lowest BCUT2D eigenvalue weighted by molar-refractivity contribution is 0.110. The fourth-order valence-corrected chi connectivity index (χ4v) is 5.25. The van der Waals surface area contributed by atoms with Gasteiger partial charge in [0.25, 0.3) is 0 Å². The van der Waals surface area contributed by atoms with Crippen molar-refractivity contribution < 1.29 is 4.43 Å². The summed E-state index contributed by atoms with van der Waals surface area (Å²) in [6, 6.07) is 10.7. The van der Waals surface area contributed by atoms with Crippen molar-refractivity contribution in [2.24, 2.45) is 0 Å². The summed E-state index contributed by atoms with van der Waals surface area (Å²) in [7, 11) is -1.77. The molecular weight excluding hydrogens is 304 g/mol. The van der Waals surface area contributed by atoms with Gasteiger partial charge < -0.3 is 4.43 Å². The van der Waals surface area contributed by atoms with Gasteiger partial charge in [0, 0.05) is 10.6 Å².